The van der Waals surface area contributed by atoms with Gasteiger partial charge in [0, 0.05) is 24.4 Å². The number of rotatable bonds is 5. The summed E-state index contributed by atoms with van der Waals surface area (Å²) in [6, 6.07) is 0. The van der Waals surface area contributed by atoms with Crippen LogP contribution in [0.15, 0.2) is 5.38 Å². The highest BCUT2D eigenvalue weighted by atomic mass is 32.1. The lowest BCUT2D eigenvalue weighted by molar-refractivity contribution is -0.130. The molecule has 5 heteroatoms. The summed E-state index contributed by atoms with van der Waals surface area (Å²) in [5, 5.41) is 3.06. The average Bonchev–Trinajstić information content (AvgIpc) is 2.76. The van der Waals surface area contributed by atoms with Gasteiger partial charge in [0.1, 0.15) is 0 Å². The number of thiazole rings is 1. The topological polar surface area (TPSA) is 59.2 Å². The van der Waals surface area contributed by atoms with Crippen LogP contribution in [-0.2, 0) is 16.6 Å². The van der Waals surface area contributed by atoms with E-state index in [-0.39, 0.29) is 16.7 Å². The molecule has 0 aromatic carbocycles. The number of hydrogen-bond acceptors (Lipinski definition) is 4. The molecule has 0 saturated heterocycles. The Kier molecular flexibility index (Phi) is 5.33. The Morgan fingerprint density at radius 1 is 1.35 bits per heavy atom. The molecule has 0 saturated carbocycles. The highest BCUT2D eigenvalue weighted by Crippen LogP contribution is 2.25. The van der Waals surface area contributed by atoms with Crippen LogP contribution in [0.1, 0.15) is 45.3 Å². The van der Waals surface area contributed by atoms with Gasteiger partial charge in [0.05, 0.1) is 17.1 Å². The minimum atomic E-state index is -0.0525. The lowest BCUT2D eigenvalue weighted by Crippen LogP contribution is -2.40. The molecule has 0 aliphatic carbocycles. The fraction of sp³-hybridized carbons (Fsp3) is 0.733. The number of aromatic nitrogens is 1. The summed E-state index contributed by atoms with van der Waals surface area (Å²) in [5.74, 6) is 0.0947. The van der Waals surface area contributed by atoms with Gasteiger partial charge in [0.25, 0.3) is 0 Å². The van der Waals surface area contributed by atoms with Gasteiger partial charge in [-0.2, -0.15) is 0 Å². The molecule has 1 aromatic rings. The van der Waals surface area contributed by atoms with Crippen molar-refractivity contribution in [1.29, 1.82) is 0 Å². The molecule has 0 atom stereocenters. The summed E-state index contributed by atoms with van der Waals surface area (Å²) < 4.78 is 0. The van der Waals surface area contributed by atoms with E-state index in [1.807, 2.05) is 12.4 Å². The zero-order valence-corrected chi connectivity index (χ0v) is 14.3. The van der Waals surface area contributed by atoms with E-state index in [2.05, 4.69) is 39.6 Å². The van der Waals surface area contributed by atoms with Crippen LogP contribution < -0.4 is 5.73 Å². The van der Waals surface area contributed by atoms with Crippen molar-refractivity contribution in [2.24, 2.45) is 11.1 Å². The van der Waals surface area contributed by atoms with Crippen molar-refractivity contribution in [2.75, 3.05) is 20.1 Å². The molecule has 4 nitrogen and oxygen atoms in total. The van der Waals surface area contributed by atoms with E-state index in [9.17, 15) is 4.79 Å². The predicted molar refractivity (Wildman–Crippen MR) is 85.0 cm³/mol. The zero-order valence-electron chi connectivity index (χ0n) is 13.5. The fourth-order valence-electron chi connectivity index (χ4n) is 1.82. The van der Waals surface area contributed by atoms with E-state index >= 15 is 0 Å². The highest BCUT2D eigenvalue weighted by Gasteiger charge is 2.23. The van der Waals surface area contributed by atoms with Crippen LogP contribution in [0.4, 0.5) is 0 Å². The Bertz CT molecular complexity index is 460. The molecular formula is C15H27N3OS. The van der Waals surface area contributed by atoms with Crippen molar-refractivity contribution in [2.45, 2.75) is 46.5 Å². The standard InChI is InChI=1S/C15H27N3OS/c1-14(2,3)13-17-11(8-20-13)7-12(19)18(6)10-15(4,5)9-16/h8H,7,9-10,16H2,1-6H3. The third kappa shape index (κ3) is 4.87. The molecule has 0 fully saturated rings. The summed E-state index contributed by atoms with van der Waals surface area (Å²) in [4.78, 5) is 18.5. The molecule has 0 radical (unpaired) electrons. The van der Waals surface area contributed by atoms with E-state index in [0.29, 0.717) is 19.5 Å². The van der Waals surface area contributed by atoms with Gasteiger partial charge >= 0.3 is 0 Å². The Morgan fingerprint density at radius 2 is 1.95 bits per heavy atom. The number of hydrogen-bond donors (Lipinski definition) is 1. The molecule has 0 spiro atoms. The number of nitrogens with zero attached hydrogens (tertiary/aromatic N) is 2. The molecule has 0 aliphatic rings. The van der Waals surface area contributed by atoms with Crippen LogP contribution in [0.3, 0.4) is 0 Å². The molecule has 0 bridgehead atoms. The molecule has 114 valence electrons. The fourth-order valence-corrected chi connectivity index (χ4v) is 2.72. The molecule has 1 amide bonds. The van der Waals surface area contributed by atoms with Crippen LogP contribution in [0.25, 0.3) is 0 Å². The van der Waals surface area contributed by atoms with Crippen molar-refractivity contribution in [3.05, 3.63) is 16.1 Å². The summed E-state index contributed by atoms with van der Waals surface area (Å²) in [6.45, 7) is 11.8. The van der Waals surface area contributed by atoms with Gasteiger partial charge in [-0.25, -0.2) is 4.98 Å². The average molecular weight is 297 g/mol. The Labute approximate surface area is 126 Å². The van der Waals surface area contributed by atoms with Crippen molar-refractivity contribution in [3.63, 3.8) is 0 Å². The van der Waals surface area contributed by atoms with Gasteiger partial charge in [0.15, 0.2) is 0 Å². The maximum Gasteiger partial charge on any atom is 0.228 e. The third-order valence-electron chi connectivity index (χ3n) is 3.17. The largest absolute Gasteiger partial charge is 0.345 e. The van der Waals surface area contributed by atoms with Gasteiger partial charge < -0.3 is 10.6 Å². The SMILES string of the molecule is CN(CC(C)(C)CN)C(=O)Cc1csc(C(C)(C)C)n1. The first-order chi connectivity index (χ1) is 9.05. The van der Waals surface area contributed by atoms with Crippen molar-refractivity contribution >= 4 is 17.2 Å². The second-order valence-corrected chi connectivity index (χ2v) is 8.05. The van der Waals surface area contributed by atoms with Crippen molar-refractivity contribution in [1.82, 2.24) is 9.88 Å². The zero-order chi connectivity index (χ0) is 15.6. The maximum absolute atomic E-state index is 12.2. The molecule has 1 aromatic heterocycles. The Hall–Kier alpha value is -0.940. The first-order valence-electron chi connectivity index (χ1n) is 6.94. The van der Waals surface area contributed by atoms with Crippen LogP contribution in [-0.4, -0.2) is 35.9 Å². The van der Waals surface area contributed by atoms with Crippen molar-refractivity contribution < 1.29 is 4.79 Å². The summed E-state index contributed by atoms with van der Waals surface area (Å²) in [6.07, 6.45) is 0.365. The van der Waals surface area contributed by atoms with Crippen LogP contribution >= 0.6 is 11.3 Å². The first-order valence-corrected chi connectivity index (χ1v) is 7.82. The molecule has 20 heavy (non-hydrogen) atoms. The van der Waals surface area contributed by atoms with Crippen LogP contribution in [0.5, 0.6) is 0 Å². The maximum atomic E-state index is 12.2. The lowest BCUT2D eigenvalue weighted by atomic mass is 9.93. The predicted octanol–water partition coefficient (Wildman–Crippen LogP) is 2.43. The van der Waals surface area contributed by atoms with E-state index < -0.39 is 0 Å². The number of amides is 1. The van der Waals surface area contributed by atoms with Gasteiger partial charge in [-0.05, 0) is 12.0 Å². The Balaban J connectivity index is 2.65. The minimum Gasteiger partial charge on any atom is -0.345 e. The van der Waals surface area contributed by atoms with Gasteiger partial charge in [-0.3, -0.25) is 4.79 Å². The first kappa shape index (κ1) is 17.1. The number of carbonyl (C=O) groups is 1. The van der Waals surface area contributed by atoms with Crippen LogP contribution in [0, 0.1) is 5.41 Å². The molecule has 0 unspecified atom stereocenters. The van der Waals surface area contributed by atoms with E-state index in [1.165, 1.54) is 0 Å². The number of nitrogens with two attached hydrogens (primary N) is 1. The summed E-state index contributed by atoms with van der Waals surface area (Å²) in [5.41, 5.74) is 6.56. The van der Waals surface area contributed by atoms with E-state index in [0.717, 1.165) is 10.7 Å². The number of likely N-dealkylation sites (N-methyl/N-ethyl adjacent to an activating group) is 1. The second kappa shape index (κ2) is 6.22. The second-order valence-electron chi connectivity index (χ2n) is 7.19. The third-order valence-corrected chi connectivity index (χ3v) is 4.49. The molecule has 0 aliphatic heterocycles. The van der Waals surface area contributed by atoms with E-state index in [1.54, 1.807) is 16.2 Å². The minimum absolute atomic E-state index is 0.0411. The molecular weight excluding hydrogens is 270 g/mol. The van der Waals surface area contributed by atoms with Crippen LogP contribution in [0.2, 0.25) is 0 Å². The van der Waals surface area contributed by atoms with E-state index in [4.69, 9.17) is 5.73 Å². The van der Waals surface area contributed by atoms with Crippen molar-refractivity contribution in [3.8, 4) is 0 Å². The van der Waals surface area contributed by atoms with Gasteiger partial charge in [-0.15, -0.1) is 11.3 Å². The van der Waals surface area contributed by atoms with Gasteiger partial charge in [0.2, 0.25) is 5.91 Å². The molecule has 1 rings (SSSR count). The monoisotopic (exact) mass is 297 g/mol. The number of carbonyl (C=O) groups excluding carboxylic acids is 1. The summed E-state index contributed by atoms with van der Waals surface area (Å²) in [7, 11) is 1.83. The smallest absolute Gasteiger partial charge is 0.228 e. The Morgan fingerprint density at radius 3 is 2.40 bits per heavy atom. The van der Waals surface area contributed by atoms with Gasteiger partial charge in [-0.1, -0.05) is 34.6 Å². The highest BCUT2D eigenvalue weighted by molar-refractivity contribution is 7.09. The lowest BCUT2D eigenvalue weighted by Gasteiger charge is -2.28. The quantitative estimate of drug-likeness (QED) is 0.908. The molecule has 1 heterocycles. The summed E-state index contributed by atoms with van der Waals surface area (Å²) >= 11 is 1.63. The normalized spacial score (nSPS) is 12.6. The molecule has 2 N–H and O–H groups in total.